The Morgan fingerprint density at radius 2 is 2.00 bits per heavy atom. The van der Waals surface area contributed by atoms with Gasteiger partial charge in [-0.3, -0.25) is 4.68 Å². The third-order valence-corrected chi connectivity index (χ3v) is 7.37. The van der Waals surface area contributed by atoms with Crippen LogP contribution in [0.25, 0.3) is 0 Å². The smallest absolute Gasteiger partial charge is 0.275 e. The summed E-state index contributed by atoms with van der Waals surface area (Å²) in [6.45, 7) is 6.35. The number of sulfonamides is 1. The SMILES string of the molecule is CC(C)C[N+]1=C2C=CC(S(=O)(=O)NC3(C)CC3)=CC2C(=O)N(Cc2cnn(C)c2)C1=O. The van der Waals surface area contributed by atoms with E-state index >= 15 is 0 Å². The van der Waals surface area contributed by atoms with E-state index in [-0.39, 0.29) is 17.4 Å². The normalized spacial score (nSPS) is 22.8. The van der Waals surface area contributed by atoms with Crippen LogP contribution in [-0.4, -0.2) is 57.4 Å². The monoisotopic (exact) mass is 446 g/mol. The molecule has 2 heterocycles. The van der Waals surface area contributed by atoms with Crippen molar-refractivity contribution in [3.05, 3.63) is 41.1 Å². The second-order valence-electron chi connectivity index (χ2n) is 9.20. The molecule has 0 spiro atoms. The molecule has 0 saturated heterocycles. The third kappa shape index (κ3) is 4.27. The number of nitrogens with zero attached hydrogens (tertiary/aromatic N) is 4. The van der Waals surface area contributed by atoms with Crippen LogP contribution in [0.1, 0.15) is 39.2 Å². The number of rotatable bonds is 7. The number of fused-ring (bicyclic) bond motifs is 1. The van der Waals surface area contributed by atoms with Gasteiger partial charge in [0, 0.05) is 24.3 Å². The number of nitrogens with one attached hydrogen (secondary N) is 1. The topological polar surface area (TPSA) is 104 Å². The lowest BCUT2D eigenvalue weighted by Gasteiger charge is -2.28. The van der Waals surface area contributed by atoms with Gasteiger partial charge in [0.15, 0.2) is 0 Å². The van der Waals surface area contributed by atoms with Crippen molar-refractivity contribution in [1.29, 1.82) is 0 Å². The molecule has 0 radical (unpaired) electrons. The fourth-order valence-electron chi connectivity index (χ4n) is 3.83. The summed E-state index contributed by atoms with van der Waals surface area (Å²) in [7, 11) is -1.99. The average molecular weight is 447 g/mol. The van der Waals surface area contributed by atoms with Crippen molar-refractivity contribution in [3.63, 3.8) is 0 Å². The van der Waals surface area contributed by atoms with Gasteiger partial charge in [0.05, 0.1) is 17.6 Å². The fourth-order valence-corrected chi connectivity index (χ4v) is 5.37. The Kier molecular flexibility index (Phi) is 5.25. The molecule has 10 heteroatoms. The predicted octanol–water partition coefficient (Wildman–Crippen LogP) is 1.53. The summed E-state index contributed by atoms with van der Waals surface area (Å²) in [4.78, 5) is 27.8. The highest BCUT2D eigenvalue weighted by molar-refractivity contribution is 7.93. The van der Waals surface area contributed by atoms with E-state index < -0.39 is 33.4 Å². The van der Waals surface area contributed by atoms with Crippen molar-refractivity contribution >= 4 is 27.7 Å². The van der Waals surface area contributed by atoms with Crippen LogP contribution in [0.4, 0.5) is 4.79 Å². The van der Waals surface area contributed by atoms with E-state index in [1.54, 1.807) is 34.8 Å². The minimum Gasteiger partial charge on any atom is -0.275 e. The second-order valence-corrected chi connectivity index (χ2v) is 10.9. The molecule has 1 N–H and O–H groups in total. The van der Waals surface area contributed by atoms with E-state index in [0.717, 1.165) is 18.4 Å². The molecule has 3 aliphatic rings. The molecule has 2 aliphatic carbocycles. The van der Waals surface area contributed by atoms with Crippen LogP contribution in [0, 0.1) is 11.8 Å². The van der Waals surface area contributed by atoms with Gasteiger partial charge in [-0.2, -0.15) is 19.4 Å². The van der Waals surface area contributed by atoms with E-state index in [0.29, 0.717) is 12.3 Å². The van der Waals surface area contributed by atoms with E-state index in [4.69, 9.17) is 0 Å². The Balaban J connectivity index is 1.72. The van der Waals surface area contributed by atoms with Gasteiger partial charge in [-0.05, 0) is 43.9 Å². The van der Waals surface area contributed by atoms with Gasteiger partial charge in [-0.1, -0.05) is 13.8 Å². The first kappa shape index (κ1) is 21.6. The van der Waals surface area contributed by atoms with E-state index in [9.17, 15) is 18.0 Å². The molecule has 166 valence electrons. The first-order valence-corrected chi connectivity index (χ1v) is 11.9. The van der Waals surface area contributed by atoms with Crippen LogP contribution >= 0.6 is 0 Å². The summed E-state index contributed by atoms with van der Waals surface area (Å²) in [5, 5.41) is 4.10. The molecule has 1 unspecified atom stereocenters. The van der Waals surface area contributed by atoms with E-state index in [2.05, 4.69) is 9.82 Å². The Morgan fingerprint density at radius 1 is 1.29 bits per heavy atom. The number of hydrogen-bond donors (Lipinski definition) is 1. The number of carbonyl (C=O) groups is 2. The Hall–Kier alpha value is -2.59. The molecule has 4 rings (SSSR count). The summed E-state index contributed by atoms with van der Waals surface area (Å²) in [6.07, 6.45) is 9.47. The highest BCUT2D eigenvalue weighted by atomic mass is 32.2. The average Bonchev–Trinajstić information content (AvgIpc) is 3.25. The molecule has 3 amide bonds. The molecule has 31 heavy (non-hydrogen) atoms. The van der Waals surface area contributed by atoms with Crippen molar-refractivity contribution in [1.82, 2.24) is 19.4 Å². The molecule has 1 atom stereocenters. The molecule has 0 aromatic carbocycles. The summed E-state index contributed by atoms with van der Waals surface area (Å²) in [5.74, 6) is -1.10. The Labute approximate surface area is 182 Å². The van der Waals surface area contributed by atoms with Crippen LogP contribution in [0.5, 0.6) is 0 Å². The van der Waals surface area contributed by atoms with Gasteiger partial charge in [0.2, 0.25) is 10.0 Å². The van der Waals surface area contributed by atoms with Crippen molar-refractivity contribution in [2.75, 3.05) is 6.54 Å². The maximum Gasteiger partial charge on any atom is 0.501 e. The highest BCUT2D eigenvalue weighted by Crippen LogP contribution is 2.36. The van der Waals surface area contributed by atoms with Gasteiger partial charge in [0.25, 0.3) is 0 Å². The zero-order valence-corrected chi connectivity index (χ0v) is 19.0. The fraction of sp³-hybridized carbons (Fsp3) is 0.524. The predicted molar refractivity (Wildman–Crippen MR) is 115 cm³/mol. The highest BCUT2D eigenvalue weighted by Gasteiger charge is 2.49. The van der Waals surface area contributed by atoms with E-state index in [1.165, 1.54) is 17.1 Å². The second kappa shape index (κ2) is 7.52. The number of hydrogen-bond acceptors (Lipinski definition) is 5. The lowest BCUT2D eigenvalue weighted by molar-refractivity contribution is -0.447. The number of aryl methyl sites for hydroxylation is 1. The molecule has 1 aromatic rings. The van der Waals surface area contributed by atoms with Crippen molar-refractivity contribution in [3.8, 4) is 0 Å². The van der Waals surface area contributed by atoms with Crippen LogP contribution in [0.15, 0.2) is 35.5 Å². The van der Waals surface area contributed by atoms with Crippen molar-refractivity contribution in [2.45, 2.75) is 45.7 Å². The first-order valence-electron chi connectivity index (χ1n) is 10.4. The molecule has 9 nitrogen and oxygen atoms in total. The number of allylic oxidation sites excluding steroid dienone is 2. The van der Waals surface area contributed by atoms with Gasteiger partial charge in [-0.25, -0.2) is 17.9 Å². The standard InChI is InChI=1S/C21H28N5O4S/c1-14(2)11-25-18-6-5-16(31(29,30)23-21(3)7-8-21)9-17(18)19(27)26(20(25)28)13-15-10-22-24(4)12-15/h5-6,9-10,12,14,17,23H,7-8,11,13H2,1-4H3/q+1. The summed E-state index contributed by atoms with van der Waals surface area (Å²) in [5.41, 5.74) is 0.825. The van der Waals surface area contributed by atoms with Crippen LogP contribution in [0.2, 0.25) is 0 Å². The summed E-state index contributed by atoms with van der Waals surface area (Å²) in [6, 6.07) is -0.401. The van der Waals surface area contributed by atoms with E-state index in [1.807, 2.05) is 20.8 Å². The zero-order chi connectivity index (χ0) is 22.6. The lowest BCUT2D eigenvalue weighted by Crippen LogP contribution is -2.54. The largest absolute Gasteiger partial charge is 0.501 e. The molecule has 1 aliphatic heterocycles. The number of carbonyl (C=O) groups excluding carboxylic acids is 2. The van der Waals surface area contributed by atoms with Gasteiger partial charge in [-0.15, -0.1) is 0 Å². The third-order valence-electron chi connectivity index (χ3n) is 5.71. The maximum atomic E-state index is 13.3. The maximum absolute atomic E-state index is 13.3. The molecule has 0 bridgehead atoms. The number of aromatic nitrogens is 2. The van der Waals surface area contributed by atoms with Gasteiger partial charge in [0.1, 0.15) is 18.2 Å². The Morgan fingerprint density at radius 3 is 2.58 bits per heavy atom. The minimum atomic E-state index is -3.76. The van der Waals surface area contributed by atoms with Crippen molar-refractivity contribution in [2.24, 2.45) is 18.9 Å². The Bertz CT molecular complexity index is 1140. The quantitative estimate of drug-likeness (QED) is 0.640. The summed E-state index contributed by atoms with van der Waals surface area (Å²) >= 11 is 0. The van der Waals surface area contributed by atoms with Crippen molar-refractivity contribution < 1.29 is 22.6 Å². The molecule has 1 aromatic heterocycles. The number of amides is 3. The number of urea groups is 1. The lowest BCUT2D eigenvalue weighted by atomic mass is 9.94. The molecule has 1 fully saturated rings. The van der Waals surface area contributed by atoms with Gasteiger partial charge < -0.3 is 0 Å². The minimum absolute atomic E-state index is 0.0582. The number of imide groups is 1. The van der Waals surface area contributed by atoms with Crippen LogP contribution in [0.3, 0.4) is 0 Å². The zero-order valence-electron chi connectivity index (χ0n) is 18.2. The van der Waals surface area contributed by atoms with Gasteiger partial charge >= 0.3 is 11.9 Å². The van der Waals surface area contributed by atoms with Crippen LogP contribution < -0.4 is 4.72 Å². The van der Waals surface area contributed by atoms with Crippen LogP contribution in [-0.2, 0) is 28.4 Å². The molecular weight excluding hydrogens is 418 g/mol. The summed E-state index contributed by atoms with van der Waals surface area (Å²) < 4.78 is 31.6. The first-order chi connectivity index (χ1) is 14.5. The molecular formula is C21H28N5O4S+. The molecule has 1 saturated carbocycles.